The molecule has 0 aliphatic rings. The number of rotatable bonds is 7. The molecule has 1 rings (SSSR count). The molecule has 142 valence electrons. The highest BCUT2D eigenvalue weighted by atomic mass is 16.6. The maximum Gasteiger partial charge on any atom is 0.408 e. The third-order valence-electron chi connectivity index (χ3n) is 3.32. The van der Waals surface area contributed by atoms with Gasteiger partial charge in [-0.05, 0) is 18.4 Å². The standard InChI is InChI=1S/C17H23N3O6/c1-10(2)13(15(22)26-11(3)14(21)20-16(18)23)19-17(24)25-9-12-7-5-4-6-8-12/h4-8,10-11,13H,9H2,1-3H3,(H,19,24)(H3,18,20,21,23)/t11-,13-/m0/s1. The van der Waals surface area contributed by atoms with E-state index in [4.69, 9.17) is 15.2 Å². The Morgan fingerprint density at radius 3 is 2.23 bits per heavy atom. The molecule has 0 aliphatic heterocycles. The van der Waals surface area contributed by atoms with Crippen LogP contribution in [0.1, 0.15) is 26.3 Å². The fourth-order valence-corrected chi connectivity index (χ4v) is 1.91. The van der Waals surface area contributed by atoms with Crippen LogP contribution in [0, 0.1) is 5.92 Å². The minimum atomic E-state index is -1.25. The van der Waals surface area contributed by atoms with Crippen molar-refractivity contribution in [1.82, 2.24) is 10.6 Å². The second kappa shape index (κ2) is 10.0. The highest BCUT2D eigenvalue weighted by Gasteiger charge is 2.29. The molecule has 0 bridgehead atoms. The number of nitrogens with two attached hydrogens (primary N) is 1. The molecule has 0 saturated carbocycles. The molecule has 4 amide bonds. The van der Waals surface area contributed by atoms with Crippen LogP contribution in [-0.2, 0) is 25.7 Å². The van der Waals surface area contributed by atoms with Crippen LogP contribution in [-0.4, -0.2) is 36.1 Å². The summed E-state index contributed by atoms with van der Waals surface area (Å²) in [6.07, 6.45) is -2.04. The van der Waals surface area contributed by atoms with Crippen molar-refractivity contribution >= 4 is 24.0 Å². The number of primary amides is 1. The van der Waals surface area contributed by atoms with Gasteiger partial charge in [-0.25, -0.2) is 14.4 Å². The number of hydrogen-bond acceptors (Lipinski definition) is 6. The van der Waals surface area contributed by atoms with E-state index >= 15 is 0 Å². The van der Waals surface area contributed by atoms with Crippen LogP contribution in [0.2, 0.25) is 0 Å². The van der Waals surface area contributed by atoms with E-state index in [0.717, 1.165) is 5.56 Å². The average Bonchev–Trinajstić information content (AvgIpc) is 2.57. The Morgan fingerprint density at radius 2 is 1.69 bits per heavy atom. The third kappa shape index (κ3) is 7.20. The lowest BCUT2D eigenvalue weighted by Crippen LogP contribution is -2.48. The van der Waals surface area contributed by atoms with Gasteiger partial charge in [-0.15, -0.1) is 0 Å². The van der Waals surface area contributed by atoms with Gasteiger partial charge in [0.15, 0.2) is 6.10 Å². The highest BCUT2D eigenvalue weighted by Crippen LogP contribution is 2.08. The lowest BCUT2D eigenvalue weighted by Gasteiger charge is -2.22. The first kappa shape index (κ1) is 20.9. The molecule has 0 aliphatic carbocycles. The first-order valence-electron chi connectivity index (χ1n) is 7.98. The van der Waals surface area contributed by atoms with E-state index in [1.165, 1.54) is 6.92 Å². The summed E-state index contributed by atoms with van der Waals surface area (Å²) in [6.45, 7) is 4.71. The Kier molecular flexibility index (Phi) is 8.07. The van der Waals surface area contributed by atoms with E-state index in [1.807, 2.05) is 18.2 Å². The monoisotopic (exact) mass is 365 g/mol. The largest absolute Gasteiger partial charge is 0.451 e. The zero-order valence-corrected chi connectivity index (χ0v) is 14.9. The lowest BCUT2D eigenvalue weighted by atomic mass is 10.1. The summed E-state index contributed by atoms with van der Waals surface area (Å²) < 4.78 is 10.0. The molecule has 26 heavy (non-hydrogen) atoms. The number of benzene rings is 1. The average molecular weight is 365 g/mol. The lowest BCUT2D eigenvalue weighted by molar-refractivity contribution is -0.157. The smallest absolute Gasteiger partial charge is 0.408 e. The molecule has 9 heteroatoms. The second-order valence-electron chi connectivity index (χ2n) is 5.86. The van der Waals surface area contributed by atoms with Gasteiger partial charge in [-0.2, -0.15) is 0 Å². The maximum absolute atomic E-state index is 12.2. The summed E-state index contributed by atoms with van der Waals surface area (Å²) in [5.74, 6) is -2.01. The van der Waals surface area contributed by atoms with Crippen molar-refractivity contribution in [2.24, 2.45) is 11.7 Å². The van der Waals surface area contributed by atoms with Crippen molar-refractivity contribution in [2.45, 2.75) is 39.5 Å². The number of nitrogens with one attached hydrogen (secondary N) is 2. The van der Waals surface area contributed by atoms with Gasteiger partial charge in [0, 0.05) is 0 Å². The van der Waals surface area contributed by atoms with Gasteiger partial charge in [0.25, 0.3) is 5.91 Å². The minimum absolute atomic E-state index is 0.0456. The molecule has 0 fully saturated rings. The molecule has 0 aromatic heterocycles. The summed E-state index contributed by atoms with van der Waals surface area (Å²) in [6, 6.07) is 6.96. The Balaban J connectivity index is 2.58. The molecular weight excluding hydrogens is 342 g/mol. The zero-order chi connectivity index (χ0) is 19.7. The molecule has 0 saturated heterocycles. The molecule has 4 N–H and O–H groups in total. The van der Waals surface area contributed by atoms with Crippen LogP contribution < -0.4 is 16.4 Å². The predicted octanol–water partition coefficient (Wildman–Crippen LogP) is 1.06. The number of ether oxygens (including phenoxy) is 2. The van der Waals surface area contributed by atoms with Crippen molar-refractivity contribution in [3.63, 3.8) is 0 Å². The molecular formula is C17H23N3O6. The summed E-state index contributed by atoms with van der Waals surface area (Å²) >= 11 is 0. The van der Waals surface area contributed by atoms with Crippen LogP contribution in [0.3, 0.4) is 0 Å². The molecule has 0 radical (unpaired) electrons. The number of carbonyl (C=O) groups is 4. The van der Waals surface area contributed by atoms with Crippen LogP contribution in [0.4, 0.5) is 9.59 Å². The van der Waals surface area contributed by atoms with Gasteiger partial charge in [0.2, 0.25) is 0 Å². The maximum atomic E-state index is 12.2. The molecule has 0 heterocycles. The SMILES string of the molecule is CC(C)[C@H](NC(=O)OCc1ccccc1)C(=O)O[C@@H](C)C(=O)NC(N)=O. The molecule has 1 aromatic carbocycles. The highest BCUT2D eigenvalue weighted by molar-refractivity contribution is 5.96. The van der Waals surface area contributed by atoms with Crippen molar-refractivity contribution in [3.8, 4) is 0 Å². The van der Waals surface area contributed by atoms with E-state index in [1.54, 1.807) is 31.3 Å². The number of hydrogen-bond donors (Lipinski definition) is 3. The number of alkyl carbamates (subject to hydrolysis) is 1. The van der Waals surface area contributed by atoms with E-state index in [-0.39, 0.29) is 12.5 Å². The molecule has 9 nitrogen and oxygen atoms in total. The second-order valence-corrected chi connectivity index (χ2v) is 5.86. The molecule has 2 atom stereocenters. The first-order valence-corrected chi connectivity index (χ1v) is 7.98. The fraction of sp³-hybridized carbons (Fsp3) is 0.412. The van der Waals surface area contributed by atoms with E-state index in [0.29, 0.717) is 0 Å². The van der Waals surface area contributed by atoms with Crippen LogP contribution in [0.5, 0.6) is 0 Å². The fourth-order valence-electron chi connectivity index (χ4n) is 1.91. The van der Waals surface area contributed by atoms with Crippen molar-refractivity contribution in [1.29, 1.82) is 0 Å². The predicted molar refractivity (Wildman–Crippen MR) is 91.7 cm³/mol. The molecule has 0 spiro atoms. The quantitative estimate of drug-likeness (QED) is 0.618. The van der Waals surface area contributed by atoms with Crippen molar-refractivity contribution < 1.29 is 28.7 Å². The van der Waals surface area contributed by atoms with Gasteiger partial charge in [0.1, 0.15) is 12.6 Å². The number of urea groups is 1. The van der Waals surface area contributed by atoms with Crippen LogP contribution in [0.15, 0.2) is 30.3 Å². The Bertz CT molecular complexity index is 647. The Labute approximate surface area is 151 Å². The topological polar surface area (TPSA) is 137 Å². The third-order valence-corrected chi connectivity index (χ3v) is 3.32. The number of esters is 1. The zero-order valence-electron chi connectivity index (χ0n) is 14.9. The number of imide groups is 1. The minimum Gasteiger partial charge on any atom is -0.451 e. The molecule has 1 aromatic rings. The summed E-state index contributed by atoms with van der Waals surface area (Å²) in [5, 5.41) is 4.22. The number of amides is 4. The summed E-state index contributed by atoms with van der Waals surface area (Å²) in [7, 11) is 0. The van der Waals surface area contributed by atoms with E-state index in [9.17, 15) is 19.2 Å². The van der Waals surface area contributed by atoms with Crippen molar-refractivity contribution in [2.75, 3.05) is 0 Å². The van der Waals surface area contributed by atoms with Crippen LogP contribution >= 0.6 is 0 Å². The summed E-state index contributed by atoms with van der Waals surface area (Å²) in [4.78, 5) is 46.3. The van der Waals surface area contributed by atoms with Gasteiger partial charge >= 0.3 is 18.1 Å². The van der Waals surface area contributed by atoms with E-state index < -0.39 is 36.1 Å². The van der Waals surface area contributed by atoms with Gasteiger partial charge in [-0.3, -0.25) is 10.1 Å². The summed E-state index contributed by atoms with van der Waals surface area (Å²) in [5.41, 5.74) is 5.63. The van der Waals surface area contributed by atoms with Crippen LogP contribution in [0.25, 0.3) is 0 Å². The first-order chi connectivity index (χ1) is 12.2. The molecule has 0 unspecified atom stereocenters. The number of carbonyl (C=O) groups excluding carboxylic acids is 4. The van der Waals surface area contributed by atoms with Gasteiger partial charge < -0.3 is 20.5 Å². The Morgan fingerprint density at radius 1 is 1.08 bits per heavy atom. The van der Waals surface area contributed by atoms with E-state index in [2.05, 4.69) is 5.32 Å². The normalized spacial score (nSPS) is 12.6. The Hall–Kier alpha value is -3.10. The van der Waals surface area contributed by atoms with Crippen molar-refractivity contribution in [3.05, 3.63) is 35.9 Å². The van der Waals surface area contributed by atoms with Gasteiger partial charge in [0.05, 0.1) is 0 Å². The van der Waals surface area contributed by atoms with Gasteiger partial charge in [-0.1, -0.05) is 44.2 Å².